The molecule has 1 aliphatic rings. The van der Waals surface area contributed by atoms with Crippen LogP contribution >= 0.6 is 23.2 Å². The lowest BCUT2D eigenvalue weighted by atomic mass is 9.87. The number of nitrogens with one attached hydrogen (secondary N) is 1. The van der Waals surface area contributed by atoms with Gasteiger partial charge >= 0.3 is 5.97 Å². The Bertz CT molecular complexity index is 833. The van der Waals surface area contributed by atoms with Gasteiger partial charge in [0.15, 0.2) is 0 Å². The Morgan fingerprint density at radius 2 is 1.93 bits per heavy atom. The normalized spacial score (nSPS) is 17.2. The fourth-order valence-corrected chi connectivity index (χ4v) is 4.10. The first-order valence-corrected chi connectivity index (χ1v) is 10.3. The number of aryl methyl sites for hydroxylation is 1. The van der Waals surface area contributed by atoms with Gasteiger partial charge in [-0.3, -0.25) is 4.79 Å². The Hall–Kier alpha value is -1.75. The van der Waals surface area contributed by atoms with Crippen LogP contribution < -0.4 is 10.1 Å². The Labute approximate surface area is 175 Å². The average Bonchev–Trinajstić information content (AvgIpc) is 2.65. The molecule has 1 aliphatic carbocycles. The Balaban J connectivity index is 1.64. The van der Waals surface area contributed by atoms with Crippen LogP contribution in [0.1, 0.15) is 37.0 Å². The molecule has 3 rings (SSSR count). The molecular formula is C22H25Cl2NO3. The molecule has 4 nitrogen and oxygen atoms in total. The minimum absolute atomic E-state index is 0.0475. The van der Waals surface area contributed by atoms with E-state index in [1.165, 1.54) is 11.1 Å². The van der Waals surface area contributed by atoms with Crippen molar-refractivity contribution in [3.63, 3.8) is 0 Å². The molecule has 0 spiro atoms. The van der Waals surface area contributed by atoms with Crippen molar-refractivity contribution in [1.29, 1.82) is 0 Å². The van der Waals surface area contributed by atoms with Crippen molar-refractivity contribution in [3.8, 4) is 5.75 Å². The monoisotopic (exact) mass is 421 g/mol. The van der Waals surface area contributed by atoms with Crippen molar-refractivity contribution in [2.24, 2.45) is 5.92 Å². The summed E-state index contributed by atoms with van der Waals surface area (Å²) in [6, 6.07) is 11.1. The molecule has 0 heterocycles. The molecule has 2 aromatic rings. The van der Waals surface area contributed by atoms with Crippen LogP contribution in [0.3, 0.4) is 0 Å². The zero-order valence-electron chi connectivity index (χ0n) is 16.0. The van der Waals surface area contributed by atoms with E-state index in [4.69, 9.17) is 27.9 Å². The van der Waals surface area contributed by atoms with Crippen LogP contribution in [-0.2, 0) is 24.2 Å². The predicted molar refractivity (Wildman–Crippen MR) is 112 cm³/mol. The van der Waals surface area contributed by atoms with Crippen LogP contribution in [-0.4, -0.2) is 23.2 Å². The summed E-state index contributed by atoms with van der Waals surface area (Å²) in [6.45, 7) is 4.17. The number of rotatable bonds is 7. The van der Waals surface area contributed by atoms with Gasteiger partial charge in [0.25, 0.3) is 0 Å². The number of benzene rings is 2. The lowest BCUT2D eigenvalue weighted by Gasteiger charge is -2.30. The number of aliphatic carboxylic acids is 1. The largest absolute Gasteiger partial charge is 0.489 e. The van der Waals surface area contributed by atoms with E-state index in [1.807, 2.05) is 26.0 Å². The number of ether oxygens (including phenoxy) is 1. The molecule has 2 aromatic carbocycles. The maximum Gasteiger partial charge on any atom is 0.320 e. The van der Waals surface area contributed by atoms with Gasteiger partial charge in [-0.1, -0.05) is 49.2 Å². The van der Waals surface area contributed by atoms with Gasteiger partial charge in [-0.2, -0.15) is 0 Å². The van der Waals surface area contributed by atoms with E-state index in [0.29, 0.717) is 16.7 Å². The summed E-state index contributed by atoms with van der Waals surface area (Å²) in [7, 11) is 0. The van der Waals surface area contributed by atoms with Crippen molar-refractivity contribution in [3.05, 3.63) is 63.1 Å². The number of carboxylic acids is 1. The van der Waals surface area contributed by atoms with Gasteiger partial charge < -0.3 is 15.2 Å². The molecule has 2 unspecified atom stereocenters. The number of hydrogen-bond donors (Lipinski definition) is 2. The van der Waals surface area contributed by atoms with Crippen LogP contribution in [0.25, 0.3) is 0 Å². The first kappa shape index (κ1) is 21.0. The van der Waals surface area contributed by atoms with E-state index >= 15 is 0 Å². The summed E-state index contributed by atoms with van der Waals surface area (Å²) in [6.07, 6.45) is 2.62. The van der Waals surface area contributed by atoms with Crippen LogP contribution in [0.2, 0.25) is 10.0 Å². The quantitative estimate of drug-likeness (QED) is 0.650. The smallest absolute Gasteiger partial charge is 0.320 e. The second-order valence-electron chi connectivity index (χ2n) is 7.59. The minimum Gasteiger partial charge on any atom is -0.489 e. The van der Waals surface area contributed by atoms with Gasteiger partial charge in [-0.05, 0) is 60.6 Å². The van der Waals surface area contributed by atoms with Crippen LogP contribution in [0, 0.1) is 5.92 Å². The van der Waals surface area contributed by atoms with E-state index in [1.54, 1.807) is 12.1 Å². The predicted octanol–water partition coefficient (Wildman–Crippen LogP) is 5.13. The number of fused-ring (bicyclic) bond motifs is 1. The second-order valence-corrected chi connectivity index (χ2v) is 8.40. The number of halogens is 2. The maximum absolute atomic E-state index is 11.4. The van der Waals surface area contributed by atoms with Gasteiger partial charge in [0.1, 0.15) is 18.4 Å². The zero-order valence-corrected chi connectivity index (χ0v) is 17.6. The molecule has 0 fully saturated rings. The Morgan fingerprint density at radius 3 is 2.57 bits per heavy atom. The fraction of sp³-hybridized carbons (Fsp3) is 0.409. The molecule has 28 heavy (non-hydrogen) atoms. The zero-order chi connectivity index (χ0) is 20.3. The van der Waals surface area contributed by atoms with Gasteiger partial charge in [-0.15, -0.1) is 0 Å². The summed E-state index contributed by atoms with van der Waals surface area (Å²) in [5, 5.41) is 13.9. The molecule has 0 aromatic heterocycles. The highest BCUT2D eigenvalue weighted by molar-refractivity contribution is 6.35. The highest BCUT2D eigenvalue weighted by Gasteiger charge is 2.27. The van der Waals surface area contributed by atoms with E-state index < -0.39 is 12.0 Å². The molecule has 150 valence electrons. The molecule has 6 heteroatoms. The van der Waals surface area contributed by atoms with Crippen LogP contribution in [0.15, 0.2) is 36.4 Å². The molecule has 0 bridgehead atoms. The number of hydrogen-bond acceptors (Lipinski definition) is 3. The summed E-state index contributed by atoms with van der Waals surface area (Å²) in [5.41, 5.74) is 3.26. The molecule has 0 radical (unpaired) electrons. The van der Waals surface area contributed by atoms with Crippen molar-refractivity contribution in [2.75, 3.05) is 0 Å². The number of carbonyl (C=O) groups is 1. The van der Waals surface area contributed by atoms with Crippen molar-refractivity contribution >= 4 is 29.2 Å². The molecule has 0 saturated heterocycles. The second kappa shape index (κ2) is 9.17. The summed E-state index contributed by atoms with van der Waals surface area (Å²) >= 11 is 12.4. The van der Waals surface area contributed by atoms with Crippen LogP contribution in [0.4, 0.5) is 0 Å². The first-order valence-electron chi connectivity index (χ1n) is 9.51. The van der Waals surface area contributed by atoms with Gasteiger partial charge in [0, 0.05) is 21.7 Å². The Kier molecular flexibility index (Phi) is 6.86. The van der Waals surface area contributed by atoms with Gasteiger partial charge in [0.2, 0.25) is 0 Å². The summed E-state index contributed by atoms with van der Waals surface area (Å²) in [5.74, 6) is 0.0424. The van der Waals surface area contributed by atoms with E-state index in [9.17, 15) is 9.90 Å². The molecule has 2 N–H and O–H groups in total. The molecule has 0 saturated carbocycles. The highest BCUT2D eigenvalue weighted by atomic mass is 35.5. The minimum atomic E-state index is -0.789. The standard InChI is InChI=1S/C22H25Cl2NO3/c1-13(2)21(22(26)27)25-16-8-6-15-11-17(9-7-14(15)10-16)28-12-18-19(23)4-3-5-20(18)24/h3-5,7,9,11,13,16,21,25H,6,8,10,12H2,1-2H3,(H,26,27). The van der Waals surface area contributed by atoms with Crippen molar-refractivity contribution in [1.82, 2.24) is 5.32 Å². The third kappa shape index (κ3) is 4.99. The van der Waals surface area contributed by atoms with E-state index in [0.717, 1.165) is 30.6 Å². The van der Waals surface area contributed by atoms with Crippen molar-refractivity contribution in [2.45, 2.75) is 51.8 Å². The van der Waals surface area contributed by atoms with Gasteiger partial charge in [-0.25, -0.2) is 0 Å². The van der Waals surface area contributed by atoms with E-state index in [2.05, 4.69) is 17.4 Å². The van der Waals surface area contributed by atoms with Crippen LogP contribution in [0.5, 0.6) is 5.75 Å². The highest BCUT2D eigenvalue weighted by Crippen LogP contribution is 2.29. The molecule has 0 amide bonds. The topological polar surface area (TPSA) is 58.6 Å². The van der Waals surface area contributed by atoms with Crippen molar-refractivity contribution < 1.29 is 14.6 Å². The van der Waals surface area contributed by atoms with E-state index in [-0.39, 0.29) is 12.0 Å². The first-order chi connectivity index (χ1) is 13.3. The summed E-state index contributed by atoms with van der Waals surface area (Å²) < 4.78 is 5.91. The summed E-state index contributed by atoms with van der Waals surface area (Å²) in [4.78, 5) is 11.4. The molecule has 2 atom stereocenters. The maximum atomic E-state index is 11.4. The molecule has 0 aliphatic heterocycles. The fourth-order valence-electron chi connectivity index (χ4n) is 3.59. The lowest BCUT2D eigenvalue weighted by molar-refractivity contribution is -0.140. The molecular weight excluding hydrogens is 397 g/mol. The average molecular weight is 422 g/mol. The third-order valence-corrected chi connectivity index (χ3v) is 5.91. The lowest BCUT2D eigenvalue weighted by Crippen LogP contribution is -2.48. The third-order valence-electron chi connectivity index (χ3n) is 5.20. The van der Waals surface area contributed by atoms with Gasteiger partial charge in [0.05, 0.1) is 0 Å². The SMILES string of the molecule is CC(C)C(NC1CCc2cc(OCc3c(Cl)cccc3Cl)ccc2C1)C(=O)O. The number of carboxylic acid groups (broad SMARTS) is 1. The Morgan fingerprint density at radius 1 is 1.21 bits per heavy atom.